The first-order chi connectivity index (χ1) is 9.74. The lowest BCUT2D eigenvalue weighted by molar-refractivity contribution is -0.145. The van der Waals surface area contributed by atoms with E-state index in [4.69, 9.17) is 4.74 Å². The summed E-state index contributed by atoms with van der Waals surface area (Å²) < 4.78 is 7.80. The van der Waals surface area contributed by atoms with Gasteiger partial charge in [-0.15, -0.1) is 0 Å². The Labute approximate surface area is 119 Å². The second-order valence-corrected chi connectivity index (χ2v) is 5.97. The van der Waals surface area contributed by atoms with Gasteiger partial charge < -0.3 is 14.2 Å². The van der Waals surface area contributed by atoms with E-state index in [9.17, 15) is 4.79 Å². The summed E-state index contributed by atoms with van der Waals surface area (Å²) in [6.07, 6.45) is 8.88. The van der Waals surface area contributed by atoms with E-state index in [0.717, 1.165) is 51.8 Å². The molecule has 2 aliphatic rings. The Morgan fingerprint density at radius 1 is 1.50 bits per heavy atom. The van der Waals surface area contributed by atoms with Crippen LogP contribution in [0.4, 0.5) is 0 Å². The van der Waals surface area contributed by atoms with Gasteiger partial charge in [0, 0.05) is 45.6 Å². The highest BCUT2D eigenvalue weighted by Gasteiger charge is 2.27. The zero-order chi connectivity index (χ0) is 13.9. The minimum atomic E-state index is -0.207. The molecule has 3 rings (SSSR count). The number of carbonyl (C=O) groups is 1. The van der Waals surface area contributed by atoms with Crippen molar-refractivity contribution in [2.45, 2.75) is 44.8 Å². The molecule has 1 amide bonds. The zero-order valence-corrected chi connectivity index (χ0v) is 12.1. The number of hydrogen-bond acceptors (Lipinski definition) is 3. The maximum atomic E-state index is 12.3. The van der Waals surface area contributed by atoms with Crippen LogP contribution >= 0.6 is 0 Å². The van der Waals surface area contributed by atoms with Crippen molar-refractivity contribution < 1.29 is 9.53 Å². The van der Waals surface area contributed by atoms with Crippen molar-refractivity contribution in [2.24, 2.45) is 5.92 Å². The van der Waals surface area contributed by atoms with Gasteiger partial charge in [-0.25, -0.2) is 4.98 Å². The molecule has 0 bridgehead atoms. The van der Waals surface area contributed by atoms with Crippen LogP contribution in [0.2, 0.25) is 0 Å². The summed E-state index contributed by atoms with van der Waals surface area (Å²) in [5.41, 5.74) is 0. The average Bonchev–Trinajstić information content (AvgIpc) is 2.95. The molecular formula is C15H23N3O2. The fourth-order valence-corrected chi connectivity index (χ4v) is 3.24. The van der Waals surface area contributed by atoms with Crippen molar-refractivity contribution >= 4 is 5.91 Å². The van der Waals surface area contributed by atoms with Crippen molar-refractivity contribution in [3.05, 3.63) is 18.2 Å². The molecule has 3 heterocycles. The van der Waals surface area contributed by atoms with Gasteiger partial charge in [0.2, 0.25) is 0 Å². The number of fused-ring (bicyclic) bond motifs is 1. The molecule has 0 saturated carbocycles. The fourth-order valence-electron chi connectivity index (χ4n) is 3.24. The number of aryl methyl sites for hydroxylation is 1. The molecule has 0 spiro atoms. The van der Waals surface area contributed by atoms with E-state index < -0.39 is 0 Å². The van der Waals surface area contributed by atoms with Gasteiger partial charge >= 0.3 is 0 Å². The summed E-state index contributed by atoms with van der Waals surface area (Å²) in [6.45, 7) is 2.51. The molecular weight excluding hydrogens is 254 g/mol. The Balaban J connectivity index is 1.54. The minimum Gasteiger partial charge on any atom is -0.368 e. The van der Waals surface area contributed by atoms with Gasteiger partial charge in [0.15, 0.2) is 0 Å². The number of hydrogen-bond donors (Lipinski definition) is 0. The normalized spacial score (nSPS) is 26.1. The highest BCUT2D eigenvalue weighted by atomic mass is 16.5. The molecule has 0 unspecified atom stereocenters. The second kappa shape index (κ2) is 5.95. The van der Waals surface area contributed by atoms with E-state index in [0.29, 0.717) is 5.92 Å². The first kappa shape index (κ1) is 13.6. The largest absolute Gasteiger partial charge is 0.368 e. The predicted molar refractivity (Wildman–Crippen MR) is 75.3 cm³/mol. The van der Waals surface area contributed by atoms with Crippen LogP contribution in [-0.4, -0.2) is 46.7 Å². The minimum absolute atomic E-state index is 0.154. The number of ether oxygens (including phenoxy) is 1. The third-order valence-corrected chi connectivity index (χ3v) is 4.40. The monoisotopic (exact) mass is 277 g/mol. The molecule has 0 aliphatic carbocycles. The molecule has 2 atom stereocenters. The third-order valence-electron chi connectivity index (χ3n) is 4.40. The zero-order valence-electron chi connectivity index (χ0n) is 12.1. The molecule has 1 saturated heterocycles. The lowest BCUT2D eigenvalue weighted by Gasteiger charge is -2.31. The molecule has 20 heavy (non-hydrogen) atoms. The van der Waals surface area contributed by atoms with Gasteiger partial charge in [0.1, 0.15) is 11.9 Å². The Kier molecular flexibility index (Phi) is 4.05. The van der Waals surface area contributed by atoms with E-state index in [1.165, 1.54) is 5.82 Å². The first-order valence-electron chi connectivity index (χ1n) is 7.60. The molecule has 0 N–H and O–H groups in total. The quantitative estimate of drug-likeness (QED) is 0.840. The first-order valence-corrected chi connectivity index (χ1v) is 7.60. The van der Waals surface area contributed by atoms with Crippen LogP contribution in [0.15, 0.2) is 12.4 Å². The number of likely N-dealkylation sites (N-methyl/N-ethyl adjacent to an activating group) is 1. The van der Waals surface area contributed by atoms with Crippen LogP contribution < -0.4 is 0 Å². The van der Waals surface area contributed by atoms with Gasteiger partial charge in [-0.3, -0.25) is 4.79 Å². The number of rotatable bonds is 3. The van der Waals surface area contributed by atoms with Gasteiger partial charge in [-0.1, -0.05) is 0 Å². The van der Waals surface area contributed by atoms with Gasteiger partial charge in [0.25, 0.3) is 5.91 Å². The third kappa shape index (κ3) is 2.87. The number of imidazole rings is 1. The van der Waals surface area contributed by atoms with Crippen molar-refractivity contribution in [3.8, 4) is 0 Å². The average molecular weight is 277 g/mol. The van der Waals surface area contributed by atoms with Crippen LogP contribution in [0.5, 0.6) is 0 Å². The van der Waals surface area contributed by atoms with Crippen LogP contribution in [0.25, 0.3) is 0 Å². The summed E-state index contributed by atoms with van der Waals surface area (Å²) in [6, 6.07) is 0. The summed E-state index contributed by atoms with van der Waals surface area (Å²) in [5.74, 6) is 1.85. The van der Waals surface area contributed by atoms with E-state index in [1.807, 2.05) is 24.3 Å². The molecule has 5 nitrogen and oxygen atoms in total. The number of aromatic nitrogens is 2. The molecule has 1 aromatic heterocycles. The maximum Gasteiger partial charge on any atom is 0.251 e. The lowest BCUT2D eigenvalue weighted by Crippen LogP contribution is -2.43. The molecule has 0 radical (unpaired) electrons. The Morgan fingerprint density at radius 3 is 3.20 bits per heavy atom. The Hall–Kier alpha value is -1.36. The molecule has 5 heteroatoms. The maximum absolute atomic E-state index is 12.3. The topological polar surface area (TPSA) is 47.4 Å². The summed E-state index contributed by atoms with van der Waals surface area (Å²) in [4.78, 5) is 18.6. The van der Waals surface area contributed by atoms with Crippen LogP contribution in [-0.2, 0) is 22.5 Å². The molecule has 1 fully saturated rings. The molecule has 0 aromatic carbocycles. The summed E-state index contributed by atoms with van der Waals surface area (Å²) in [5, 5.41) is 0. The van der Waals surface area contributed by atoms with Gasteiger partial charge in [-0.2, -0.15) is 0 Å². The van der Waals surface area contributed by atoms with Crippen molar-refractivity contribution in [1.29, 1.82) is 0 Å². The highest BCUT2D eigenvalue weighted by molar-refractivity contribution is 5.80. The number of amides is 1. The van der Waals surface area contributed by atoms with Crippen molar-refractivity contribution in [2.75, 3.05) is 20.2 Å². The predicted octanol–water partition coefficient (Wildman–Crippen LogP) is 1.47. The van der Waals surface area contributed by atoms with Crippen LogP contribution in [0, 0.1) is 5.92 Å². The van der Waals surface area contributed by atoms with Crippen molar-refractivity contribution in [1.82, 2.24) is 14.5 Å². The fraction of sp³-hybridized carbons (Fsp3) is 0.733. The number of carbonyl (C=O) groups excluding carboxylic acids is 1. The number of nitrogens with zero attached hydrogens (tertiary/aromatic N) is 3. The standard InChI is InChI=1S/C15H23N3O2/c1-17(15(19)13-4-2-3-9-20-13)10-12-5-6-14-16-7-8-18(14)11-12/h7-8,12-13H,2-6,9-11H2,1H3/t12-,13+/m1/s1. The smallest absolute Gasteiger partial charge is 0.251 e. The van der Waals surface area contributed by atoms with E-state index >= 15 is 0 Å². The Bertz CT molecular complexity index is 465. The summed E-state index contributed by atoms with van der Waals surface area (Å²) in [7, 11) is 1.91. The van der Waals surface area contributed by atoms with E-state index in [1.54, 1.807) is 0 Å². The second-order valence-electron chi connectivity index (χ2n) is 5.97. The van der Waals surface area contributed by atoms with Crippen LogP contribution in [0.3, 0.4) is 0 Å². The SMILES string of the molecule is CN(C[C@H]1CCc2nccn2C1)C(=O)[C@@H]1CCCCO1. The molecule has 1 aromatic rings. The Morgan fingerprint density at radius 2 is 2.40 bits per heavy atom. The summed E-state index contributed by atoms with van der Waals surface area (Å²) >= 11 is 0. The van der Waals surface area contributed by atoms with Crippen LogP contribution in [0.1, 0.15) is 31.5 Å². The van der Waals surface area contributed by atoms with Crippen molar-refractivity contribution in [3.63, 3.8) is 0 Å². The van der Waals surface area contributed by atoms with E-state index in [2.05, 4.69) is 9.55 Å². The molecule has 2 aliphatic heterocycles. The van der Waals surface area contributed by atoms with Gasteiger partial charge in [0.05, 0.1) is 0 Å². The lowest BCUT2D eigenvalue weighted by atomic mass is 9.98. The highest BCUT2D eigenvalue weighted by Crippen LogP contribution is 2.21. The van der Waals surface area contributed by atoms with E-state index in [-0.39, 0.29) is 12.0 Å². The molecule has 110 valence electrons. The van der Waals surface area contributed by atoms with Gasteiger partial charge in [-0.05, 0) is 31.6 Å².